The minimum atomic E-state index is -0.915. The first-order valence-corrected chi connectivity index (χ1v) is 7.00. The highest BCUT2D eigenvalue weighted by Crippen LogP contribution is 2.26. The van der Waals surface area contributed by atoms with Gasteiger partial charge in [0.1, 0.15) is 0 Å². The van der Waals surface area contributed by atoms with E-state index in [4.69, 9.17) is 0 Å². The van der Waals surface area contributed by atoms with Crippen LogP contribution in [0.3, 0.4) is 0 Å². The van der Waals surface area contributed by atoms with E-state index in [-0.39, 0.29) is 10.5 Å². The second kappa shape index (κ2) is 4.00. The lowest BCUT2D eigenvalue weighted by Gasteiger charge is -2.18. The number of thioether (sulfide) groups is 1. The smallest absolute Gasteiger partial charge is 0.248 e. The third-order valence-electron chi connectivity index (χ3n) is 2.41. The number of nitrogens with zero attached hydrogens (tertiary/aromatic N) is 1. The van der Waals surface area contributed by atoms with Gasteiger partial charge in [-0.05, 0) is 12.8 Å². The van der Waals surface area contributed by atoms with Gasteiger partial charge in [0.15, 0.2) is 4.58 Å². The summed E-state index contributed by atoms with van der Waals surface area (Å²) in [5.41, 5.74) is 0. The van der Waals surface area contributed by atoms with Crippen LogP contribution < -0.4 is 0 Å². The molecule has 1 amide bonds. The molecule has 0 spiro atoms. The maximum Gasteiger partial charge on any atom is 0.248 e. The van der Waals surface area contributed by atoms with E-state index in [0.29, 0.717) is 5.75 Å². The standard InChI is InChI=1S/C8H13NO2S2/c10-7(9-3-1-2-4-9)8-12-5-6-13(8)11/h8H,1-6H2/t8-,13-/m1/s1. The summed E-state index contributed by atoms with van der Waals surface area (Å²) in [6.07, 6.45) is 2.21. The molecule has 0 aliphatic carbocycles. The molecule has 0 unspecified atom stereocenters. The first kappa shape index (κ1) is 9.52. The van der Waals surface area contributed by atoms with Crippen molar-refractivity contribution in [2.45, 2.75) is 17.4 Å². The molecule has 2 heterocycles. The van der Waals surface area contributed by atoms with Gasteiger partial charge in [0.05, 0.1) is 0 Å². The second-order valence-electron chi connectivity index (χ2n) is 3.32. The predicted molar refractivity (Wildman–Crippen MR) is 55.1 cm³/mol. The molecule has 2 aliphatic heterocycles. The molecule has 0 radical (unpaired) electrons. The van der Waals surface area contributed by atoms with Crippen molar-refractivity contribution < 1.29 is 9.00 Å². The predicted octanol–water partition coefficient (Wildman–Crippen LogP) is 0.430. The zero-order valence-electron chi connectivity index (χ0n) is 7.40. The minimum Gasteiger partial charge on any atom is -0.341 e. The van der Waals surface area contributed by atoms with Crippen molar-refractivity contribution in [3.8, 4) is 0 Å². The van der Waals surface area contributed by atoms with Crippen LogP contribution in [0.1, 0.15) is 12.8 Å². The van der Waals surface area contributed by atoms with Crippen LogP contribution in [0.2, 0.25) is 0 Å². The van der Waals surface area contributed by atoms with Gasteiger partial charge in [0.2, 0.25) is 5.91 Å². The number of hydrogen-bond donors (Lipinski definition) is 0. The Morgan fingerprint density at radius 2 is 2.08 bits per heavy atom. The fourth-order valence-corrected chi connectivity index (χ4v) is 5.01. The molecule has 0 N–H and O–H groups in total. The molecule has 74 valence electrons. The van der Waals surface area contributed by atoms with E-state index in [1.807, 2.05) is 4.90 Å². The van der Waals surface area contributed by atoms with Crippen LogP contribution in [0, 0.1) is 0 Å². The lowest BCUT2D eigenvalue weighted by atomic mass is 10.4. The number of hydrogen-bond acceptors (Lipinski definition) is 3. The van der Waals surface area contributed by atoms with Crippen LogP contribution in [0.15, 0.2) is 0 Å². The molecular formula is C8H13NO2S2. The zero-order valence-corrected chi connectivity index (χ0v) is 9.03. The Kier molecular flexibility index (Phi) is 2.93. The van der Waals surface area contributed by atoms with Crippen molar-refractivity contribution in [1.29, 1.82) is 0 Å². The van der Waals surface area contributed by atoms with E-state index >= 15 is 0 Å². The fraction of sp³-hybridized carbons (Fsp3) is 0.875. The number of amides is 1. The van der Waals surface area contributed by atoms with Crippen molar-refractivity contribution >= 4 is 28.5 Å². The molecule has 3 nitrogen and oxygen atoms in total. The zero-order chi connectivity index (χ0) is 9.26. The van der Waals surface area contributed by atoms with Crippen LogP contribution >= 0.6 is 11.8 Å². The van der Waals surface area contributed by atoms with Gasteiger partial charge in [-0.25, -0.2) is 0 Å². The van der Waals surface area contributed by atoms with Gasteiger partial charge < -0.3 is 4.90 Å². The second-order valence-corrected chi connectivity index (χ2v) is 6.47. The number of rotatable bonds is 1. The quantitative estimate of drug-likeness (QED) is 0.642. The summed E-state index contributed by atoms with van der Waals surface area (Å²) in [5, 5.41) is 0. The van der Waals surface area contributed by atoms with E-state index in [1.165, 1.54) is 0 Å². The van der Waals surface area contributed by atoms with E-state index in [0.717, 1.165) is 31.7 Å². The van der Waals surface area contributed by atoms with E-state index < -0.39 is 10.8 Å². The molecule has 2 fully saturated rings. The van der Waals surface area contributed by atoms with Gasteiger partial charge in [-0.3, -0.25) is 9.00 Å². The molecule has 0 bridgehead atoms. The molecule has 0 aromatic rings. The van der Waals surface area contributed by atoms with Crippen molar-refractivity contribution in [3.63, 3.8) is 0 Å². The summed E-state index contributed by atoms with van der Waals surface area (Å²) < 4.78 is 11.2. The van der Waals surface area contributed by atoms with Crippen molar-refractivity contribution in [1.82, 2.24) is 4.90 Å². The summed E-state index contributed by atoms with van der Waals surface area (Å²) >= 11 is 1.55. The number of carbonyl (C=O) groups is 1. The van der Waals surface area contributed by atoms with Crippen molar-refractivity contribution in [2.75, 3.05) is 24.6 Å². The van der Waals surface area contributed by atoms with Gasteiger partial charge in [-0.2, -0.15) is 0 Å². The van der Waals surface area contributed by atoms with E-state index in [9.17, 15) is 9.00 Å². The third-order valence-corrected chi connectivity index (χ3v) is 5.95. The highest BCUT2D eigenvalue weighted by Gasteiger charge is 2.34. The average molecular weight is 219 g/mol. The van der Waals surface area contributed by atoms with Crippen LogP contribution in [0.4, 0.5) is 0 Å². The van der Waals surface area contributed by atoms with E-state index in [1.54, 1.807) is 11.8 Å². The highest BCUT2D eigenvalue weighted by atomic mass is 32.2. The Balaban J connectivity index is 1.99. The van der Waals surface area contributed by atoms with E-state index in [2.05, 4.69) is 0 Å². The molecule has 13 heavy (non-hydrogen) atoms. The fourth-order valence-electron chi connectivity index (χ4n) is 1.69. The van der Waals surface area contributed by atoms with Crippen LogP contribution in [0.5, 0.6) is 0 Å². The van der Waals surface area contributed by atoms with Gasteiger partial charge in [0.25, 0.3) is 0 Å². The molecule has 0 saturated carbocycles. The first-order chi connectivity index (χ1) is 6.29. The van der Waals surface area contributed by atoms with Gasteiger partial charge in [-0.1, -0.05) is 0 Å². The SMILES string of the molecule is O=C([C@@H]1SCC[S@]1=O)N1CCCC1. The summed E-state index contributed by atoms with van der Waals surface area (Å²) in [6.45, 7) is 1.74. The molecule has 2 rings (SSSR count). The topological polar surface area (TPSA) is 37.4 Å². The maximum atomic E-state index is 11.8. The number of carbonyl (C=O) groups excluding carboxylic acids is 1. The molecule has 2 saturated heterocycles. The van der Waals surface area contributed by atoms with Gasteiger partial charge >= 0.3 is 0 Å². The Hall–Kier alpha value is -0.0300. The summed E-state index contributed by atoms with van der Waals surface area (Å²) in [7, 11) is -0.915. The maximum absolute atomic E-state index is 11.8. The largest absolute Gasteiger partial charge is 0.341 e. The minimum absolute atomic E-state index is 0.110. The third kappa shape index (κ3) is 1.91. The van der Waals surface area contributed by atoms with Crippen LogP contribution in [-0.2, 0) is 15.6 Å². The van der Waals surface area contributed by atoms with Gasteiger partial charge in [-0.15, -0.1) is 11.8 Å². The molecule has 5 heteroatoms. The Labute approximate surface area is 84.7 Å². The summed E-state index contributed by atoms with van der Waals surface area (Å²) in [4.78, 5) is 13.6. The summed E-state index contributed by atoms with van der Waals surface area (Å²) in [6, 6.07) is 0. The molecule has 2 atom stereocenters. The summed E-state index contributed by atoms with van der Waals surface area (Å²) in [5.74, 6) is 1.67. The Morgan fingerprint density at radius 3 is 2.62 bits per heavy atom. The highest BCUT2D eigenvalue weighted by molar-refractivity contribution is 8.15. The lowest BCUT2D eigenvalue weighted by Crippen LogP contribution is -2.36. The number of likely N-dealkylation sites (tertiary alicyclic amines) is 1. The molecular weight excluding hydrogens is 206 g/mol. The average Bonchev–Trinajstić information content (AvgIpc) is 2.72. The first-order valence-electron chi connectivity index (χ1n) is 4.56. The van der Waals surface area contributed by atoms with Crippen molar-refractivity contribution in [3.05, 3.63) is 0 Å². The molecule has 0 aromatic heterocycles. The lowest BCUT2D eigenvalue weighted by molar-refractivity contribution is -0.128. The van der Waals surface area contributed by atoms with Crippen LogP contribution in [-0.4, -0.2) is 44.2 Å². The van der Waals surface area contributed by atoms with Gasteiger partial charge in [0, 0.05) is 35.4 Å². The molecule has 2 aliphatic rings. The van der Waals surface area contributed by atoms with Crippen LogP contribution in [0.25, 0.3) is 0 Å². The van der Waals surface area contributed by atoms with Crippen molar-refractivity contribution in [2.24, 2.45) is 0 Å². The Morgan fingerprint density at radius 1 is 1.38 bits per heavy atom. The monoisotopic (exact) mass is 219 g/mol. The normalized spacial score (nSPS) is 34.0. The Bertz CT molecular complexity index is 238. The molecule has 0 aromatic carbocycles.